The molecule has 3 aromatic rings. The number of carbonyl (C=O) groups is 4. The largest absolute Gasteiger partial charge is 0.465 e. The zero-order valence-electron chi connectivity index (χ0n) is 16.9. The smallest absolute Gasteiger partial charge is 0.337 e. The number of methoxy groups -OCH3 is 1. The van der Waals surface area contributed by atoms with E-state index in [-0.39, 0.29) is 22.0 Å². The Morgan fingerprint density at radius 3 is 2.47 bits per heavy atom. The van der Waals surface area contributed by atoms with Crippen LogP contribution in [-0.4, -0.2) is 47.3 Å². The van der Waals surface area contributed by atoms with Crippen LogP contribution in [0.15, 0.2) is 53.3 Å². The van der Waals surface area contributed by atoms with Gasteiger partial charge in [-0.3, -0.25) is 19.2 Å². The highest BCUT2D eigenvalue weighted by molar-refractivity contribution is 6.04. The zero-order chi connectivity index (χ0) is 23.3. The normalized spacial score (nSPS) is 10.4. The van der Waals surface area contributed by atoms with Crippen molar-refractivity contribution in [3.63, 3.8) is 0 Å². The van der Waals surface area contributed by atoms with Gasteiger partial charge in [-0.05, 0) is 24.3 Å². The van der Waals surface area contributed by atoms with Gasteiger partial charge in [0.2, 0.25) is 0 Å². The molecule has 0 atom stereocenters. The highest BCUT2D eigenvalue weighted by Gasteiger charge is 2.17. The van der Waals surface area contributed by atoms with Crippen molar-refractivity contribution in [1.29, 1.82) is 0 Å². The Morgan fingerprint density at radius 1 is 1.06 bits per heavy atom. The van der Waals surface area contributed by atoms with E-state index in [2.05, 4.69) is 15.2 Å². The van der Waals surface area contributed by atoms with Crippen molar-refractivity contribution in [2.75, 3.05) is 19.0 Å². The molecule has 0 aliphatic heterocycles. The van der Waals surface area contributed by atoms with Gasteiger partial charge in [0.1, 0.15) is 6.54 Å². The summed E-state index contributed by atoms with van der Waals surface area (Å²) in [6.07, 6.45) is 0. The van der Waals surface area contributed by atoms with E-state index in [9.17, 15) is 24.0 Å². The second-order valence-corrected chi connectivity index (χ2v) is 6.50. The van der Waals surface area contributed by atoms with Crippen LogP contribution >= 0.6 is 0 Å². The Kier molecular flexibility index (Phi) is 6.59. The van der Waals surface area contributed by atoms with Gasteiger partial charge in [0.15, 0.2) is 12.3 Å². The Balaban J connectivity index is 1.66. The Hall–Kier alpha value is -4.54. The van der Waals surface area contributed by atoms with Crippen LogP contribution in [0.4, 0.5) is 5.69 Å². The van der Waals surface area contributed by atoms with Gasteiger partial charge in [0, 0.05) is 11.1 Å². The third-order valence-corrected chi connectivity index (χ3v) is 4.31. The number of benzene rings is 2. The molecule has 32 heavy (non-hydrogen) atoms. The predicted molar refractivity (Wildman–Crippen MR) is 112 cm³/mol. The van der Waals surface area contributed by atoms with Crippen LogP contribution in [0, 0.1) is 0 Å². The number of fused-ring (bicyclic) bond motifs is 1. The summed E-state index contributed by atoms with van der Waals surface area (Å²) in [5.41, 5.74) is 5.07. The minimum Gasteiger partial charge on any atom is -0.465 e. The molecule has 3 N–H and O–H groups in total. The molecule has 164 valence electrons. The lowest BCUT2D eigenvalue weighted by Crippen LogP contribution is -2.32. The number of amides is 2. The van der Waals surface area contributed by atoms with Gasteiger partial charge < -0.3 is 20.5 Å². The maximum atomic E-state index is 12.6. The van der Waals surface area contributed by atoms with Crippen LogP contribution in [0.25, 0.3) is 10.8 Å². The molecule has 2 amide bonds. The van der Waals surface area contributed by atoms with Gasteiger partial charge in [-0.1, -0.05) is 24.3 Å². The SMILES string of the molecule is COC(=O)c1cccc(NC(=O)COC(=O)Cn2nc(C(N)=O)c3ccccc3c2=O)c1. The van der Waals surface area contributed by atoms with Gasteiger partial charge in [-0.25, -0.2) is 9.48 Å². The number of nitrogens with two attached hydrogens (primary N) is 1. The Bertz CT molecular complexity index is 1280. The number of primary amides is 1. The molecule has 0 saturated heterocycles. The molecule has 1 heterocycles. The lowest BCUT2D eigenvalue weighted by Gasteiger charge is -2.10. The molecule has 3 rings (SSSR count). The summed E-state index contributed by atoms with van der Waals surface area (Å²) in [7, 11) is 1.23. The average molecular weight is 438 g/mol. The molecule has 11 nitrogen and oxygen atoms in total. The van der Waals surface area contributed by atoms with Crippen LogP contribution in [-0.2, 0) is 25.6 Å². The van der Waals surface area contributed by atoms with Crippen LogP contribution in [0.1, 0.15) is 20.8 Å². The summed E-state index contributed by atoms with van der Waals surface area (Å²) in [6, 6.07) is 12.2. The van der Waals surface area contributed by atoms with Crippen molar-refractivity contribution in [3.05, 3.63) is 70.1 Å². The molecule has 11 heteroatoms. The van der Waals surface area contributed by atoms with E-state index in [4.69, 9.17) is 10.5 Å². The number of hydrogen-bond donors (Lipinski definition) is 2. The van der Waals surface area contributed by atoms with Crippen molar-refractivity contribution < 1.29 is 28.7 Å². The number of nitrogens with zero attached hydrogens (tertiary/aromatic N) is 2. The first kappa shape index (κ1) is 22.2. The minimum atomic E-state index is -0.927. The molecule has 0 spiro atoms. The molecule has 0 aliphatic rings. The number of anilines is 1. The standard InChI is InChI=1S/C21H18N4O7/c1-31-21(30)12-5-4-6-13(9-12)23-16(26)11-32-17(27)10-25-20(29)15-8-3-2-7-14(15)18(24-25)19(22)28/h2-9H,10-11H2,1H3,(H2,22,28)(H,23,26). The highest BCUT2D eigenvalue weighted by atomic mass is 16.5. The number of ether oxygens (including phenoxy) is 2. The topological polar surface area (TPSA) is 160 Å². The predicted octanol–water partition coefficient (Wildman–Crippen LogP) is 0.464. The summed E-state index contributed by atoms with van der Waals surface area (Å²) >= 11 is 0. The quantitative estimate of drug-likeness (QED) is 0.503. The molecule has 0 fully saturated rings. The van der Waals surface area contributed by atoms with Gasteiger partial charge in [-0.2, -0.15) is 5.10 Å². The van der Waals surface area contributed by atoms with Gasteiger partial charge in [0.25, 0.3) is 17.4 Å². The highest BCUT2D eigenvalue weighted by Crippen LogP contribution is 2.13. The summed E-state index contributed by atoms with van der Waals surface area (Å²) in [4.78, 5) is 60.0. The lowest BCUT2D eigenvalue weighted by molar-refractivity contribution is -0.148. The van der Waals surface area contributed by atoms with Gasteiger partial charge in [-0.15, -0.1) is 0 Å². The van der Waals surface area contributed by atoms with Gasteiger partial charge in [0.05, 0.1) is 18.1 Å². The molecular weight excluding hydrogens is 420 g/mol. The number of hydrogen-bond acceptors (Lipinski definition) is 8. The maximum Gasteiger partial charge on any atom is 0.337 e. The summed E-state index contributed by atoms with van der Waals surface area (Å²) in [5.74, 6) is -3.03. The summed E-state index contributed by atoms with van der Waals surface area (Å²) in [5, 5.41) is 6.75. The number of aromatic nitrogens is 2. The molecule has 2 aromatic carbocycles. The fourth-order valence-corrected chi connectivity index (χ4v) is 2.88. The van der Waals surface area contributed by atoms with Crippen molar-refractivity contribution in [1.82, 2.24) is 9.78 Å². The molecular formula is C21H18N4O7. The first-order valence-electron chi connectivity index (χ1n) is 9.23. The monoisotopic (exact) mass is 438 g/mol. The van der Waals surface area contributed by atoms with Crippen molar-refractivity contribution in [3.8, 4) is 0 Å². The molecule has 0 unspecified atom stereocenters. The number of rotatable bonds is 7. The second kappa shape index (κ2) is 9.51. The van der Waals surface area contributed by atoms with Crippen LogP contribution in [0.3, 0.4) is 0 Å². The second-order valence-electron chi connectivity index (χ2n) is 6.50. The van der Waals surface area contributed by atoms with E-state index in [1.54, 1.807) is 18.2 Å². The maximum absolute atomic E-state index is 12.6. The Morgan fingerprint density at radius 2 is 1.78 bits per heavy atom. The van der Waals surface area contributed by atoms with E-state index >= 15 is 0 Å². The number of carbonyl (C=O) groups excluding carboxylic acids is 4. The minimum absolute atomic E-state index is 0.160. The average Bonchev–Trinajstić information content (AvgIpc) is 2.79. The number of esters is 2. The molecule has 0 aliphatic carbocycles. The van der Waals surface area contributed by atoms with Crippen molar-refractivity contribution in [2.24, 2.45) is 5.73 Å². The zero-order valence-corrected chi connectivity index (χ0v) is 16.9. The Labute approximate surface area is 180 Å². The summed E-state index contributed by atoms with van der Waals surface area (Å²) < 4.78 is 10.2. The first-order valence-corrected chi connectivity index (χ1v) is 9.23. The fourth-order valence-electron chi connectivity index (χ4n) is 2.88. The number of nitrogens with one attached hydrogen (secondary N) is 1. The van der Waals surface area contributed by atoms with E-state index < -0.39 is 42.5 Å². The first-order chi connectivity index (χ1) is 15.3. The van der Waals surface area contributed by atoms with Crippen LogP contribution in [0.2, 0.25) is 0 Å². The molecule has 1 aromatic heterocycles. The van der Waals surface area contributed by atoms with E-state index in [0.29, 0.717) is 5.69 Å². The van der Waals surface area contributed by atoms with Gasteiger partial charge >= 0.3 is 11.9 Å². The van der Waals surface area contributed by atoms with E-state index in [1.165, 1.54) is 37.4 Å². The fraction of sp³-hybridized carbons (Fsp3) is 0.143. The van der Waals surface area contributed by atoms with E-state index in [1.807, 2.05) is 0 Å². The molecule has 0 saturated carbocycles. The van der Waals surface area contributed by atoms with Crippen LogP contribution < -0.4 is 16.6 Å². The lowest BCUT2D eigenvalue weighted by atomic mass is 10.1. The van der Waals surface area contributed by atoms with Crippen molar-refractivity contribution in [2.45, 2.75) is 6.54 Å². The molecule has 0 radical (unpaired) electrons. The van der Waals surface area contributed by atoms with E-state index in [0.717, 1.165) is 4.68 Å². The van der Waals surface area contributed by atoms with Crippen LogP contribution in [0.5, 0.6) is 0 Å². The van der Waals surface area contributed by atoms with Crippen molar-refractivity contribution >= 4 is 40.2 Å². The third kappa shape index (κ3) is 4.95. The summed E-state index contributed by atoms with van der Waals surface area (Å²) in [6.45, 7) is -1.28. The third-order valence-electron chi connectivity index (χ3n) is 4.31. The molecule has 0 bridgehead atoms.